The second-order valence-electron chi connectivity index (χ2n) is 8.63. The van der Waals surface area contributed by atoms with Gasteiger partial charge in [0.25, 0.3) is 0 Å². The molecular formula is C21H32FNO4. The third kappa shape index (κ3) is 4.73. The van der Waals surface area contributed by atoms with Gasteiger partial charge in [0.15, 0.2) is 11.5 Å². The number of benzene rings is 1. The van der Waals surface area contributed by atoms with Crippen LogP contribution in [-0.4, -0.2) is 60.8 Å². The van der Waals surface area contributed by atoms with Gasteiger partial charge in [0.2, 0.25) is 0 Å². The monoisotopic (exact) mass is 381 g/mol. The van der Waals surface area contributed by atoms with Crippen LogP contribution in [0.1, 0.15) is 51.3 Å². The average molecular weight is 381 g/mol. The van der Waals surface area contributed by atoms with Crippen molar-refractivity contribution < 1.29 is 23.7 Å². The maximum absolute atomic E-state index is 13.2. The Morgan fingerprint density at radius 2 is 2.04 bits per heavy atom. The van der Waals surface area contributed by atoms with Gasteiger partial charge in [-0.2, -0.15) is 0 Å². The highest BCUT2D eigenvalue weighted by molar-refractivity contribution is 5.49. The molecule has 2 aliphatic heterocycles. The van der Waals surface area contributed by atoms with Crippen LogP contribution in [0.4, 0.5) is 4.39 Å². The first-order valence-corrected chi connectivity index (χ1v) is 9.75. The van der Waals surface area contributed by atoms with E-state index in [4.69, 9.17) is 14.2 Å². The van der Waals surface area contributed by atoms with Gasteiger partial charge >= 0.3 is 0 Å². The number of methoxy groups -OCH3 is 1. The molecular weight excluding hydrogens is 349 g/mol. The van der Waals surface area contributed by atoms with Crippen LogP contribution in [0.5, 0.6) is 11.5 Å². The van der Waals surface area contributed by atoms with Crippen molar-refractivity contribution in [3.63, 3.8) is 0 Å². The minimum absolute atomic E-state index is 0.00916. The summed E-state index contributed by atoms with van der Waals surface area (Å²) in [6.07, 6.45) is -0.215. The van der Waals surface area contributed by atoms with E-state index in [9.17, 15) is 9.50 Å². The van der Waals surface area contributed by atoms with Crippen LogP contribution in [0, 0.1) is 0 Å². The lowest BCUT2D eigenvalue weighted by Crippen LogP contribution is -2.53. The van der Waals surface area contributed by atoms with Crippen molar-refractivity contribution in [1.29, 1.82) is 0 Å². The second-order valence-corrected chi connectivity index (χ2v) is 8.63. The van der Waals surface area contributed by atoms with Crippen LogP contribution < -0.4 is 9.47 Å². The molecule has 0 aliphatic carbocycles. The molecule has 0 spiro atoms. The van der Waals surface area contributed by atoms with E-state index in [1.54, 1.807) is 7.11 Å². The number of fused-ring (bicyclic) bond motifs is 3. The first kappa shape index (κ1) is 20.4. The van der Waals surface area contributed by atoms with Crippen molar-refractivity contribution in [3.05, 3.63) is 23.3 Å². The Labute approximate surface area is 161 Å². The Morgan fingerprint density at radius 3 is 2.67 bits per heavy atom. The largest absolute Gasteiger partial charge is 0.493 e. The number of nitrogens with zero attached hydrogens (tertiary/aromatic N) is 1. The van der Waals surface area contributed by atoms with E-state index in [-0.39, 0.29) is 24.4 Å². The number of aliphatic hydroxyl groups is 1. The molecule has 3 rings (SSSR count). The highest BCUT2D eigenvalue weighted by atomic mass is 19.1. The topological polar surface area (TPSA) is 51.2 Å². The van der Waals surface area contributed by atoms with Gasteiger partial charge in [-0.05, 0) is 63.8 Å². The van der Waals surface area contributed by atoms with E-state index < -0.39 is 12.3 Å². The molecule has 1 aromatic carbocycles. The molecule has 1 saturated heterocycles. The predicted molar refractivity (Wildman–Crippen MR) is 102 cm³/mol. The summed E-state index contributed by atoms with van der Waals surface area (Å²) in [4.78, 5) is 2.38. The van der Waals surface area contributed by atoms with Crippen molar-refractivity contribution in [1.82, 2.24) is 4.90 Å². The fourth-order valence-electron chi connectivity index (χ4n) is 4.04. The molecule has 0 bridgehead atoms. The van der Waals surface area contributed by atoms with Gasteiger partial charge in [-0.25, -0.2) is 4.39 Å². The number of piperidine rings is 1. The highest BCUT2D eigenvalue weighted by Gasteiger charge is 2.40. The van der Waals surface area contributed by atoms with Crippen molar-refractivity contribution in [3.8, 4) is 11.5 Å². The molecule has 1 fully saturated rings. The summed E-state index contributed by atoms with van der Waals surface area (Å²) >= 11 is 0. The Hall–Kier alpha value is -1.37. The van der Waals surface area contributed by atoms with Crippen LogP contribution in [0.15, 0.2) is 12.1 Å². The summed E-state index contributed by atoms with van der Waals surface area (Å²) in [6, 6.07) is 4.09. The zero-order chi connectivity index (χ0) is 19.8. The van der Waals surface area contributed by atoms with E-state index in [1.807, 2.05) is 32.9 Å². The molecule has 2 aliphatic rings. The average Bonchev–Trinajstić information content (AvgIpc) is 2.58. The third-order valence-electron chi connectivity index (χ3n) is 5.18. The number of aliphatic hydroxyl groups excluding tert-OH is 1. The van der Waals surface area contributed by atoms with Crippen LogP contribution in [0.2, 0.25) is 0 Å². The molecule has 5 nitrogen and oxygen atoms in total. The number of rotatable bonds is 5. The lowest BCUT2D eigenvalue weighted by Gasteiger charge is -2.46. The molecule has 1 aromatic rings. The van der Waals surface area contributed by atoms with Gasteiger partial charge in [-0.3, -0.25) is 4.90 Å². The van der Waals surface area contributed by atoms with Gasteiger partial charge in [0.05, 0.1) is 24.9 Å². The second kappa shape index (κ2) is 7.94. The molecule has 1 N–H and O–H groups in total. The highest BCUT2D eigenvalue weighted by Crippen LogP contribution is 2.42. The van der Waals surface area contributed by atoms with Crippen molar-refractivity contribution in [2.24, 2.45) is 0 Å². The third-order valence-corrected chi connectivity index (χ3v) is 5.18. The van der Waals surface area contributed by atoms with E-state index in [2.05, 4.69) is 4.90 Å². The lowest BCUT2D eigenvalue weighted by atomic mass is 9.84. The van der Waals surface area contributed by atoms with Crippen molar-refractivity contribution in [2.45, 2.75) is 70.6 Å². The summed E-state index contributed by atoms with van der Waals surface area (Å²) in [5.41, 5.74) is 2.06. The molecule has 0 saturated carbocycles. The van der Waals surface area contributed by atoms with Gasteiger partial charge in [0, 0.05) is 19.1 Å². The van der Waals surface area contributed by atoms with Crippen molar-refractivity contribution >= 4 is 0 Å². The standard InChI is InChI=1S/C21H32FNO4/c1-13(22)12-26-19-8-14-6-7-23-11-20(27-21(2,3)4)17(24)10-16(23)15(14)9-18(19)25-5/h8-9,13,16-17,20,24H,6-7,10-12H2,1-5H3/t13-,16?,17?,20?/m1/s1. The maximum Gasteiger partial charge on any atom is 0.161 e. The summed E-state index contributed by atoms with van der Waals surface area (Å²) in [7, 11) is 1.59. The molecule has 4 atom stereocenters. The Kier molecular flexibility index (Phi) is 5.99. The smallest absolute Gasteiger partial charge is 0.161 e. The van der Waals surface area contributed by atoms with Gasteiger partial charge in [0.1, 0.15) is 12.8 Å². The van der Waals surface area contributed by atoms with E-state index in [0.717, 1.165) is 18.5 Å². The van der Waals surface area contributed by atoms with Crippen LogP contribution in [0.3, 0.4) is 0 Å². The predicted octanol–water partition coefficient (Wildman–Crippen LogP) is 3.28. The zero-order valence-corrected chi connectivity index (χ0v) is 17.0. The van der Waals surface area contributed by atoms with Gasteiger partial charge in [-0.15, -0.1) is 0 Å². The molecule has 6 heteroatoms. The first-order valence-electron chi connectivity index (χ1n) is 9.75. The zero-order valence-electron chi connectivity index (χ0n) is 17.0. The fourth-order valence-corrected chi connectivity index (χ4v) is 4.04. The van der Waals surface area contributed by atoms with E-state index in [1.165, 1.54) is 12.5 Å². The summed E-state index contributed by atoms with van der Waals surface area (Å²) in [5, 5.41) is 10.7. The minimum atomic E-state index is -1.03. The lowest BCUT2D eigenvalue weighted by molar-refractivity contribution is -0.149. The van der Waals surface area contributed by atoms with Crippen LogP contribution in [0.25, 0.3) is 0 Å². The first-order chi connectivity index (χ1) is 12.7. The number of halogens is 1. The molecule has 0 aromatic heterocycles. The molecule has 3 unspecified atom stereocenters. The van der Waals surface area contributed by atoms with Crippen LogP contribution >= 0.6 is 0 Å². The van der Waals surface area contributed by atoms with Crippen molar-refractivity contribution in [2.75, 3.05) is 26.8 Å². The fraction of sp³-hybridized carbons (Fsp3) is 0.714. The van der Waals surface area contributed by atoms with E-state index >= 15 is 0 Å². The molecule has 152 valence electrons. The Balaban J connectivity index is 1.82. The summed E-state index contributed by atoms with van der Waals surface area (Å²) < 4.78 is 30.3. The number of alkyl halides is 1. The van der Waals surface area contributed by atoms with Gasteiger partial charge < -0.3 is 19.3 Å². The maximum atomic E-state index is 13.2. The normalized spacial score (nSPS) is 26.9. The van der Waals surface area contributed by atoms with E-state index in [0.29, 0.717) is 24.5 Å². The summed E-state index contributed by atoms with van der Waals surface area (Å²) in [6.45, 7) is 9.14. The number of hydrogen-bond donors (Lipinski definition) is 1. The molecule has 27 heavy (non-hydrogen) atoms. The molecule has 0 radical (unpaired) electrons. The SMILES string of the molecule is COc1cc2c(cc1OC[C@@H](C)F)CCN1CC(OC(C)(C)C)C(O)CC21. The Morgan fingerprint density at radius 1 is 1.30 bits per heavy atom. The summed E-state index contributed by atoms with van der Waals surface area (Å²) in [5.74, 6) is 1.19. The number of hydrogen-bond acceptors (Lipinski definition) is 5. The quantitative estimate of drug-likeness (QED) is 0.848. The van der Waals surface area contributed by atoms with Gasteiger partial charge in [-0.1, -0.05) is 0 Å². The molecule has 0 amide bonds. The van der Waals surface area contributed by atoms with Crippen LogP contribution in [-0.2, 0) is 11.2 Å². The number of ether oxygens (including phenoxy) is 3. The molecule has 2 heterocycles. The Bertz CT molecular complexity index is 658. The minimum Gasteiger partial charge on any atom is -0.493 e.